The number of rotatable bonds is 5. The van der Waals surface area contributed by atoms with Crippen LogP contribution < -0.4 is 0 Å². The summed E-state index contributed by atoms with van der Waals surface area (Å²) in [5.74, 6) is 1.03. The maximum Gasteiger partial charge on any atom is 0.228 e. The zero-order valence-corrected chi connectivity index (χ0v) is 16.0. The van der Waals surface area contributed by atoms with E-state index in [0.717, 1.165) is 37.4 Å². The molecule has 1 fully saturated rings. The Balaban J connectivity index is 1.72. The first-order valence-corrected chi connectivity index (χ1v) is 10.9. The van der Waals surface area contributed by atoms with Crippen LogP contribution in [0.5, 0.6) is 0 Å². The lowest BCUT2D eigenvalue weighted by Gasteiger charge is -2.32. The van der Waals surface area contributed by atoms with Gasteiger partial charge in [-0.05, 0) is 32.6 Å². The number of sulfonamides is 1. The fraction of sp³-hybridized carbons (Fsp3) is 0.765. The van der Waals surface area contributed by atoms with Gasteiger partial charge in [0.15, 0.2) is 0 Å². The molecule has 140 valence electrons. The zero-order chi connectivity index (χ0) is 18.0. The van der Waals surface area contributed by atoms with E-state index in [0.29, 0.717) is 25.9 Å². The Bertz CT molecular complexity index is 722. The van der Waals surface area contributed by atoms with E-state index in [-0.39, 0.29) is 17.7 Å². The van der Waals surface area contributed by atoms with Crippen LogP contribution in [0.15, 0.2) is 6.20 Å². The number of hydrogen-bond donors (Lipinski definition) is 0. The van der Waals surface area contributed by atoms with Gasteiger partial charge in [-0.15, -0.1) is 0 Å². The van der Waals surface area contributed by atoms with Crippen LogP contribution in [-0.2, 0) is 27.8 Å². The van der Waals surface area contributed by atoms with E-state index in [9.17, 15) is 13.2 Å². The van der Waals surface area contributed by atoms with Gasteiger partial charge < -0.3 is 9.47 Å². The number of aromatic nitrogens is 2. The first-order valence-electron chi connectivity index (χ1n) is 9.25. The molecule has 1 saturated heterocycles. The molecule has 2 aliphatic heterocycles. The third kappa shape index (κ3) is 3.89. The van der Waals surface area contributed by atoms with Gasteiger partial charge in [0.2, 0.25) is 15.9 Å². The molecule has 2 aliphatic rings. The summed E-state index contributed by atoms with van der Waals surface area (Å²) in [6.45, 7) is 6.48. The minimum atomic E-state index is -3.25. The fourth-order valence-electron chi connectivity index (χ4n) is 3.78. The molecule has 0 radical (unpaired) electrons. The van der Waals surface area contributed by atoms with E-state index in [1.165, 1.54) is 6.42 Å². The summed E-state index contributed by atoms with van der Waals surface area (Å²) in [4.78, 5) is 19.0. The number of amides is 1. The second-order valence-corrected chi connectivity index (χ2v) is 9.05. The lowest BCUT2D eigenvalue weighted by Crippen LogP contribution is -2.42. The van der Waals surface area contributed by atoms with Gasteiger partial charge in [0, 0.05) is 32.4 Å². The second kappa shape index (κ2) is 7.45. The highest BCUT2D eigenvalue weighted by atomic mass is 32.2. The Morgan fingerprint density at radius 3 is 2.60 bits per heavy atom. The van der Waals surface area contributed by atoms with Crippen molar-refractivity contribution in [2.45, 2.75) is 58.5 Å². The van der Waals surface area contributed by atoms with Crippen LogP contribution in [0.1, 0.15) is 57.1 Å². The highest BCUT2D eigenvalue weighted by molar-refractivity contribution is 7.89. The molecule has 3 rings (SSSR count). The van der Waals surface area contributed by atoms with Crippen LogP contribution in [0.25, 0.3) is 0 Å². The van der Waals surface area contributed by atoms with Crippen molar-refractivity contribution in [3.05, 3.63) is 17.7 Å². The fourth-order valence-corrected chi connectivity index (χ4v) is 5.46. The summed E-state index contributed by atoms with van der Waals surface area (Å²) >= 11 is 0. The minimum absolute atomic E-state index is 0.123. The maximum absolute atomic E-state index is 12.4. The normalized spacial score (nSPS) is 22.0. The molecule has 0 N–H and O–H groups in total. The summed E-state index contributed by atoms with van der Waals surface area (Å²) in [5, 5.41) is 0. The molecule has 25 heavy (non-hydrogen) atoms. The number of imidazole rings is 1. The van der Waals surface area contributed by atoms with E-state index < -0.39 is 10.0 Å². The Morgan fingerprint density at radius 2 is 1.92 bits per heavy atom. The molecule has 0 unspecified atom stereocenters. The van der Waals surface area contributed by atoms with Gasteiger partial charge >= 0.3 is 0 Å². The van der Waals surface area contributed by atoms with Gasteiger partial charge in [-0.25, -0.2) is 13.4 Å². The number of hydrogen-bond acceptors (Lipinski definition) is 4. The van der Waals surface area contributed by atoms with E-state index in [1.54, 1.807) is 4.31 Å². The lowest BCUT2D eigenvalue weighted by atomic mass is 10.1. The molecular formula is C17H28N4O3S. The number of carbonyl (C=O) groups excluding carboxylic acids is 1. The van der Waals surface area contributed by atoms with Gasteiger partial charge in [-0.2, -0.15) is 4.31 Å². The Hall–Kier alpha value is -1.41. The van der Waals surface area contributed by atoms with Crippen molar-refractivity contribution in [3.63, 3.8) is 0 Å². The summed E-state index contributed by atoms with van der Waals surface area (Å²) in [6, 6.07) is -0.288. The average molecular weight is 369 g/mol. The Morgan fingerprint density at radius 1 is 1.20 bits per heavy atom. The third-order valence-corrected chi connectivity index (χ3v) is 7.22. The number of likely N-dealkylation sites (tertiary alicyclic amines) is 1. The van der Waals surface area contributed by atoms with Crippen molar-refractivity contribution < 1.29 is 13.2 Å². The van der Waals surface area contributed by atoms with Crippen molar-refractivity contribution in [2.24, 2.45) is 0 Å². The van der Waals surface area contributed by atoms with Crippen molar-refractivity contribution in [1.29, 1.82) is 0 Å². The van der Waals surface area contributed by atoms with E-state index in [4.69, 9.17) is 0 Å². The first kappa shape index (κ1) is 18.4. The summed E-state index contributed by atoms with van der Waals surface area (Å²) < 4.78 is 28.4. The van der Waals surface area contributed by atoms with E-state index in [1.807, 2.05) is 29.5 Å². The molecule has 8 heteroatoms. The van der Waals surface area contributed by atoms with Gasteiger partial charge in [0.1, 0.15) is 5.82 Å². The standard InChI is InChI=1S/C17H28N4O3S/c1-3-11-25(23,24)21-10-9-20-13-15(18-17(20)14(21)2)12-16(22)19-7-5-4-6-8-19/h13-14H,3-12H2,1-2H3/t14-/m1/s1. The quantitative estimate of drug-likeness (QED) is 0.790. The molecule has 3 heterocycles. The third-order valence-electron chi connectivity index (χ3n) is 5.08. The Kier molecular flexibility index (Phi) is 5.48. The zero-order valence-electron chi connectivity index (χ0n) is 15.1. The summed E-state index contributed by atoms with van der Waals surface area (Å²) in [5.41, 5.74) is 0.743. The average Bonchev–Trinajstić information content (AvgIpc) is 2.99. The van der Waals surface area contributed by atoms with Crippen molar-refractivity contribution >= 4 is 15.9 Å². The summed E-state index contributed by atoms with van der Waals surface area (Å²) in [6.07, 6.45) is 6.17. The van der Waals surface area contributed by atoms with Crippen LogP contribution in [0.3, 0.4) is 0 Å². The smallest absolute Gasteiger partial charge is 0.228 e. The molecule has 7 nitrogen and oxygen atoms in total. The molecule has 0 aliphatic carbocycles. The number of nitrogens with zero attached hydrogens (tertiary/aromatic N) is 4. The maximum atomic E-state index is 12.4. The molecule has 0 saturated carbocycles. The summed E-state index contributed by atoms with van der Waals surface area (Å²) in [7, 11) is -3.25. The highest BCUT2D eigenvalue weighted by Crippen LogP contribution is 2.28. The molecule has 1 atom stereocenters. The van der Waals surface area contributed by atoms with Crippen LogP contribution in [0, 0.1) is 0 Å². The largest absolute Gasteiger partial charge is 0.342 e. The van der Waals surface area contributed by atoms with Crippen LogP contribution in [0.2, 0.25) is 0 Å². The molecular weight excluding hydrogens is 340 g/mol. The number of carbonyl (C=O) groups is 1. The van der Waals surface area contributed by atoms with Gasteiger partial charge in [-0.1, -0.05) is 6.92 Å². The van der Waals surface area contributed by atoms with Gasteiger partial charge in [0.05, 0.1) is 23.9 Å². The van der Waals surface area contributed by atoms with Crippen molar-refractivity contribution in [1.82, 2.24) is 18.8 Å². The SMILES string of the molecule is CCCS(=O)(=O)N1CCn2cc(CC(=O)N3CCCCC3)nc2[C@H]1C. The molecule has 0 aromatic carbocycles. The highest BCUT2D eigenvalue weighted by Gasteiger charge is 2.34. The second-order valence-electron chi connectivity index (χ2n) is 7.00. The monoisotopic (exact) mass is 368 g/mol. The van der Waals surface area contributed by atoms with Crippen LogP contribution in [0.4, 0.5) is 0 Å². The predicted octanol–water partition coefficient (Wildman–Crippen LogP) is 1.55. The molecule has 1 aromatic rings. The molecule has 0 bridgehead atoms. The van der Waals surface area contributed by atoms with Crippen molar-refractivity contribution in [3.8, 4) is 0 Å². The Labute approximate surface area is 150 Å². The topological polar surface area (TPSA) is 75.5 Å². The van der Waals surface area contributed by atoms with E-state index in [2.05, 4.69) is 4.98 Å². The van der Waals surface area contributed by atoms with Crippen LogP contribution in [-0.4, -0.2) is 58.5 Å². The van der Waals surface area contributed by atoms with Gasteiger partial charge in [0.25, 0.3) is 0 Å². The molecule has 1 amide bonds. The lowest BCUT2D eigenvalue weighted by molar-refractivity contribution is -0.131. The van der Waals surface area contributed by atoms with E-state index >= 15 is 0 Å². The van der Waals surface area contributed by atoms with Crippen LogP contribution >= 0.6 is 0 Å². The predicted molar refractivity (Wildman–Crippen MR) is 95.6 cm³/mol. The number of piperidine rings is 1. The number of fused-ring (bicyclic) bond motifs is 1. The van der Waals surface area contributed by atoms with Gasteiger partial charge in [-0.3, -0.25) is 4.79 Å². The molecule has 1 aromatic heterocycles. The van der Waals surface area contributed by atoms with Crippen molar-refractivity contribution in [2.75, 3.05) is 25.4 Å². The molecule has 0 spiro atoms. The first-order chi connectivity index (χ1) is 11.9. The minimum Gasteiger partial charge on any atom is -0.342 e.